The van der Waals surface area contributed by atoms with Gasteiger partial charge in [-0.05, 0) is 42.0 Å². The van der Waals surface area contributed by atoms with Gasteiger partial charge < -0.3 is 10.1 Å². The van der Waals surface area contributed by atoms with Gasteiger partial charge >= 0.3 is 0 Å². The van der Waals surface area contributed by atoms with Crippen molar-refractivity contribution in [3.05, 3.63) is 52.5 Å². The van der Waals surface area contributed by atoms with Crippen LogP contribution in [0.5, 0.6) is 5.75 Å². The maximum absolute atomic E-state index is 12.0. The Labute approximate surface area is 154 Å². The summed E-state index contributed by atoms with van der Waals surface area (Å²) in [5.74, 6) is 1.55. The number of benzene rings is 1. The summed E-state index contributed by atoms with van der Waals surface area (Å²) in [4.78, 5) is 12.7. The standard InChI is InChI=1S/C17H18N4O2S2/c1-23-13-7-5-12(6-8-13)21-15(19-20-17(21)24-2)9-10-18-16(22)14-4-3-11-25-14/h3-8,11H,9-10H2,1-2H3,(H,18,22). The van der Waals surface area contributed by atoms with E-state index in [-0.39, 0.29) is 5.91 Å². The number of aromatic nitrogens is 3. The topological polar surface area (TPSA) is 69.0 Å². The van der Waals surface area contributed by atoms with Gasteiger partial charge in [0, 0.05) is 18.7 Å². The molecule has 1 aromatic carbocycles. The monoisotopic (exact) mass is 374 g/mol. The summed E-state index contributed by atoms with van der Waals surface area (Å²) < 4.78 is 7.21. The number of rotatable bonds is 7. The average Bonchev–Trinajstić information content (AvgIpc) is 3.31. The van der Waals surface area contributed by atoms with Crippen LogP contribution in [0.4, 0.5) is 0 Å². The van der Waals surface area contributed by atoms with Crippen LogP contribution in [-0.2, 0) is 6.42 Å². The van der Waals surface area contributed by atoms with Gasteiger partial charge in [0.15, 0.2) is 5.16 Å². The van der Waals surface area contributed by atoms with E-state index in [1.54, 1.807) is 7.11 Å². The molecule has 0 aliphatic heterocycles. The van der Waals surface area contributed by atoms with Gasteiger partial charge in [-0.15, -0.1) is 21.5 Å². The Balaban J connectivity index is 1.73. The molecule has 1 N–H and O–H groups in total. The number of ether oxygens (including phenoxy) is 1. The van der Waals surface area contributed by atoms with Gasteiger partial charge in [-0.3, -0.25) is 9.36 Å². The molecule has 2 heterocycles. The molecule has 3 rings (SSSR count). The van der Waals surface area contributed by atoms with E-state index >= 15 is 0 Å². The number of thioether (sulfide) groups is 1. The quantitative estimate of drug-likeness (QED) is 0.644. The normalized spacial score (nSPS) is 10.6. The predicted octanol–water partition coefficient (Wildman–Crippen LogP) is 3.03. The van der Waals surface area contributed by atoms with Crippen molar-refractivity contribution in [3.8, 4) is 11.4 Å². The van der Waals surface area contributed by atoms with Crippen LogP contribution in [0.2, 0.25) is 0 Å². The fraction of sp³-hybridized carbons (Fsp3) is 0.235. The lowest BCUT2D eigenvalue weighted by Gasteiger charge is -2.10. The zero-order valence-corrected chi connectivity index (χ0v) is 15.6. The van der Waals surface area contributed by atoms with Gasteiger partial charge in [-0.1, -0.05) is 17.8 Å². The first-order chi connectivity index (χ1) is 12.2. The lowest BCUT2D eigenvalue weighted by molar-refractivity contribution is 0.0958. The number of hydrogen-bond donors (Lipinski definition) is 1. The molecule has 130 valence electrons. The summed E-state index contributed by atoms with van der Waals surface area (Å²) in [7, 11) is 1.64. The molecule has 6 nitrogen and oxygen atoms in total. The lowest BCUT2D eigenvalue weighted by atomic mass is 10.3. The number of amides is 1. The van der Waals surface area contributed by atoms with Gasteiger partial charge in [0.1, 0.15) is 11.6 Å². The summed E-state index contributed by atoms with van der Waals surface area (Å²) >= 11 is 2.96. The highest BCUT2D eigenvalue weighted by Gasteiger charge is 2.14. The molecule has 0 aliphatic rings. The van der Waals surface area contributed by atoms with Crippen molar-refractivity contribution in [2.45, 2.75) is 11.6 Å². The zero-order chi connectivity index (χ0) is 17.6. The number of carbonyl (C=O) groups is 1. The number of nitrogens with zero attached hydrogens (tertiary/aromatic N) is 3. The van der Waals surface area contributed by atoms with Gasteiger partial charge in [-0.25, -0.2) is 0 Å². The van der Waals surface area contributed by atoms with Crippen molar-refractivity contribution in [2.75, 3.05) is 19.9 Å². The van der Waals surface area contributed by atoms with Crippen LogP contribution in [0.1, 0.15) is 15.5 Å². The molecule has 0 spiro atoms. The SMILES string of the molecule is COc1ccc(-n2c(CCNC(=O)c3cccs3)nnc2SC)cc1. The molecular formula is C17H18N4O2S2. The van der Waals surface area contributed by atoms with E-state index < -0.39 is 0 Å². The number of nitrogens with one attached hydrogen (secondary N) is 1. The minimum Gasteiger partial charge on any atom is -0.497 e. The van der Waals surface area contributed by atoms with Gasteiger partial charge in [0.05, 0.1) is 12.0 Å². The minimum atomic E-state index is -0.0596. The first-order valence-corrected chi connectivity index (χ1v) is 9.77. The predicted molar refractivity (Wildman–Crippen MR) is 100 cm³/mol. The second kappa shape index (κ2) is 8.17. The lowest BCUT2D eigenvalue weighted by Crippen LogP contribution is -2.25. The highest BCUT2D eigenvalue weighted by Crippen LogP contribution is 2.22. The third-order valence-electron chi connectivity index (χ3n) is 3.59. The van der Waals surface area contributed by atoms with E-state index in [0.717, 1.165) is 22.4 Å². The molecule has 25 heavy (non-hydrogen) atoms. The van der Waals surface area contributed by atoms with E-state index in [9.17, 15) is 4.79 Å². The summed E-state index contributed by atoms with van der Waals surface area (Å²) in [5, 5.41) is 14.1. The van der Waals surface area contributed by atoms with Crippen LogP contribution in [0.15, 0.2) is 46.9 Å². The van der Waals surface area contributed by atoms with E-state index in [2.05, 4.69) is 15.5 Å². The van der Waals surface area contributed by atoms with Crippen LogP contribution in [0, 0.1) is 0 Å². The van der Waals surface area contributed by atoms with Crippen molar-refractivity contribution in [1.82, 2.24) is 20.1 Å². The highest BCUT2D eigenvalue weighted by molar-refractivity contribution is 7.98. The summed E-state index contributed by atoms with van der Waals surface area (Å²) in [5.41, 5.74) is 0.967. The first-order valence-electron chi connectivity index (χ1n) is 7.67. The van der Waals surface area contributed by atoms with Crippen LogP contribution < -0.4 is 10.1 Å². The third-order valence-corrected chi connectivity index (χ3v) is 5.09. The molecular weight excluding hydrogens is 356 g/mol. The summed E-state index contributed by atoms with van der Waals surface area (Å²) in [6, 6.07) is 11.4. The molecule has 2 aromatic heterocycles. The molecule has 0 radical (unpaired) electrons. The molecule has 0 bridgehead atoms. The maximum Gasteiger partial charge on any atom is 0.261 e. The molecule has 0 saturated carbocycles. The van der Waals surface area contributed by atoms with Crippen LogP contribution in [0.25, 0.3) is 5.69 Å². The van der Waals surface area contributed by atoms with Gasteiger partial charge in [0.25, 0.3) is 5.91 Å². The molecule has 0 saturated heterocycles. The molecule has 3 aromatic rings. The van der Waals surface area contributed by atoms with E-state index in [1.165, 1.54) is 23.1 Å². The Hall–Kier alpha value is -2.32. The summed E-state index contributed by atoms with van der Waals surface area (Å²) in [6.45, 7) is 0.499. The maximum atomic E-state index is 12.0. The third kappa shape index (κ3) is 4.02. The fourth-order valence-corrected chi connectivity index (χ4v) is 3.52. The Morgan fingerprint density at radius 2 is 2.08 bits per heavy atom. The minimum absolute atomic E-state index is 0.0596. The Morgan fingerprint density at radius 1 is 1.28 bits per heavy atom. The van der Waals surface area contributed by atoms with Crippen molar-refractivity contribution < 1.29 is 9.53 Å². The average molecular weight is 374 g/mol. The van der Waals surface area contributed by atoms with Crippen LogP contribution in [0.3, 0.4) is 0 Å². The van der Waals surface area contributed by atoms with Crippen molar-refractivity contribution in [2.24, 2.45) is 0 Å². The first kappa shape index (κ1) is 17.5. The molecule has 0 atom stereocenters. The van der Waals surface area contributed by atoms with Gasteiger partial charge in [0.2, 0.25) is 0 Å². The van der Waals surface area contributed by atoms with E-state index in [1.807, 2.05) is 52.6 Å². The van der Waals surface area contributed by atoms with E-state index in [4.69, 9.17) is 4.74 Å². The Morgan fingerprint density at radius 3 is 2.72 bits per heavy atom. The molecule has 0 aliphatic carbocycles. The fourth-order valence-electron chi connectivity index (χ4n) is 2.37. The Bertz CT molecular complexity index is 829. The summed E-state index contributed by atoms with van der Waals surface area (Å²) in [6.07, 6.45) is 2.56. The number of hydrogen-bond acceptors (Lipinski definition) is 6. The van der Waals surface area contributed by atoms with Crippen molar-refractivity contribution >= 4 is 29.0 Å². The van der Waals surface area contributed by atoms with Crippen molar-refractivity contribution in [3.63, 3.8) is 0 Å². The molecule has 8 heteroatoms. The number of carbonyl (C=O) groups excluding carboxylic acids is 1. The van der Waals surface area contributed by atoms with Crippen molar-refractivity contribution in [1.29, 1.82) is 0 Å². The second-order valence-electron chi connectivity index (χ2n) is 5.12. The smallest absolute Gasteiger partial charge is 0.261 e. The highest BCUT2D eigenvalue weighted by atomic mass is 32.2. The zero-order valence-electron chi connectivity index (χ0n) is 13.9. The van der Waals surface area contributed by atoms with Gasteiger partial charge in [-0.2, -0.15) is 0 Å². The Kier molecular flexibility index (Phi) is 5.72. The number of methoxy groups -OCH3 is 1. The number of thiophene rings is 1. The van der Waals surface area contributed by atoms with Crippen LogP contribution in [-0.4, -0.2) is 40.6 Å². The second-order valence-corrected chi connectivity index (χ2v) is 6.84. The largest absolute Gasteiger partial charge is 0.497 e. The molecule has 0 fully saturated rings. The van der Waals surface area contributed by atoms with E-state index in [0.29, 0.717) is 17.8 Å². The molecule has 1 amide bonds. The van der Waals surface area contributed by atoms with Crippen LogP contribution >= 0.6 is 23.1 Å². The molecule has 0 unspecified atom stereocenters.